The molecule has 1 spiro atoms. The van der Waals surface area contributed by atoms with Crippen molar-refractivity contribution in [2.24, 2.45) is 11.3 Å². The van der Waals surface area contributed by atoms with Crippen LogP contribution in [0.5, 0.6) is 5.75 Å². The van der Waals surface area contributed by atoms with Crippen LogP contribution in [-0.4, -0.2) is 129 Å². The summed E-state index contributed by atoms with van der Waals surface area (Å²) in [5, 5.41) is 14.3. The molecule has 6 aliphatic rings. The monoisotopic (exact) mass is 988 g/mol. The van der Waals surface area contributed by atoms with Crippen LogP contribution in [-0.2, 0) is 55.4 Å². The zero-order chi connectivity index (χ0) is 45.7. The number of carbonyl (C=O) groups excluding carboxylic acids is 4. The summed E-state index contributed by atoms with van der Waals surface area (Å²) in [4.78, 5) is 67.1. The van der Waals surface area contributed by atoms with Crippen molar-refractivity contribution < 1.29 is 48.0 Å². The third-order valence-electron chi connectivity index (χ3n) is 15.5. The first-order valence-electron chi connectivity index (χ1n) is 22.1. The number of rotatable bonds is 8. The van der Waals surface area contributed by atoms with E-state index in [2.05, 4.69) is 62.5 Å². The van der Waals surface area contributed by atoms with Gasteiger partial charge < -0.3 is 43.6 Å². The molecule has 1 unspecified atom stereocenters. The van der Waals surface area contributed by atoms with Gasteiger partial charge in [-0.25, -0.2) is 9.59 Å². The molecular formula is C49H57IN4O10. The van der Waals surface area contributed by atoms with Crippen molar-refractivity contribution in [2.45, 2.75) is 87.5 Å². The van der Waals surface area contributed by atoms with E-state index in [1.807, 2.05) is 55.4 Å². The summed E-state index contributed by atoms with van der Waals surface area (Å²) in [6, 6.07) is 8.73. The Hall–Kier alpha value is -4.87. The zero-order valence-corrected chi connectivity index (χ0v) is 39.9. The number of fused-ring (bicyclic) bond motifs is 6. The number of aromatic amines is 1. The van der Waals surface area contributed by atoms with Gasteiger partial charge in [0.25, 0.3) is 0 Å². The fraction of sp³-hybridized carbons (Fsp3) is 0.510. The molecule has 2 aromatic carbocycles. The van der Waals surface area contributed by atoms with Gasteiger partial charge in [-0.15, -0.1) is 0 Å². The first kappa shape index (κ1) is 44.3. The van der Waals surface area contributed by atoms with Crippen LogP contribution in [0.4, 0.5) is 5.69 Å². The van der Waals surface area contributed by atoms with Crippen molar-refractivity contribution in [2.75, 3.05) is 66.6 Å². The van der Waals surface area contributed by atoms with Gasteiger partial charge in [0, 0.05) is 101 Å². The predicted molar refractivity (Wildman–Crippen MR) is 247 cm³/mol. The van der Waals surface area contributed by atoms with Crippen molar-refractivity contribution in [1.29, 1.82) is 0 Å². The third kappa shape index (κ3) is 6.00. The molecule has 8 atom stereocenters. The van der Waals surface area contributed by atoms with Crippen LogP contribution in [0.3, 0.4) is 0 Å². The van der Waals surface area contributed by atoms with Gasteiger partial charge in [-0.2, -0.15) is 0 Å². The minimum atomic E-state index is -2.34. The number of nitrogens with zero attached hydrogens (tertiary/aromatic N) is 3. The molecule has 1 aromatic heterocycles. The molecule has 14 nitrogen and oxygen atoms in total. The van der Waals surface area contributed by atoms with E-state index in [0.29, 0.717) is 67.3 Å². The topological polar surface area (TPSA) is 160 Å². The molecule has 2 bridgehead atoms. The van der Waals surface area contributed by atoms with E-state index in [1.165, 1.54) is 33.8 Å². The lowest BCUT2D eigenvalue weighted by Crippen LogP contribution is -2.81. The van der Waals surface area contributed by atoms with Gasteiger partial charge >= 0.3 is 23.9 Å². The normalized spacial score (nSPS) is 32.3. The third-order valence-corrected chi connectivity index (χ3v) is 16.2. The lowest BCUT2D eigenvalue weighted by Gasteiger charge is -2.63. The van der Waals surface area contributed by atoms with Gasteiger partial charge in [-0.3, -0.25) is 14.5 Å². The lowest BCUT2D eigenvalue weighted by atomic mass is 9.47. The Labute approximate surface area is 387 Å². The van der Waals surface area contributed by atoms with Crippen molar-refractivity contribution in [3.05, 3.63) is 91.9 Å². The lowest BCUT2D eigenvalue weighted by molar-refractivity contribution is -0.228. The van der Waals surface area contributed by atoms with Crippen LogP contribution in [0, 0.1) is 14.9 Å². The van der Waals surface area contributed by atoms with E-state index in [9.17, 15) is 19.5 Å². The molecule has 1 aliphatic carbocycles. The first-order valence-corrected chi connectivity index (χ1v) is 23.2. The summed E-state index contributed by atoms with van der Waals surface area (Å²) in [6.07, 6.45) is 9.15. The Morgan fingerprint density at radius 3 is 2.42 bits per heavy atom. The van der Waals surface area contributed by atoms with E-state index in [4.69, 9.17) is 23.7 Å². The molecule has 15 heteroatoms. The Morgan fingerprint density at radius 1 is 0.984 bits per heavy atom. The number of nitrogens with one attached hydrogen (secondary N) is 1. The highest BCUT2D eigenvalue weighted by Gasteiger charge is 2.80. The number of ether oxygens (including phenoxy) is 5. The second-order valence-corrected chi connectivity index (χ2v) is 19.7. The Morgan fingerprint density at radius 2 is 1.75 bits per heavy atom. The van der Waals surface area contributed by atoms with Crippen molar-refractivity contribution in [3.8, 4) is 5.75 Å². The molecule has 2 N–H and O–H groups in total. The van der Waals surface area contributed by atoms with Crippen LogP contribution in [0.25, 0.3) is 10.9 Å². The van der Waals surface area contributed by atoms with E-state index >= 15 is 4.79 Å². The maximum Gasteiger partial charge on any atom is 0.344 e. The molecule has 9 rings (SSSR count). The number of methoxy groups -OCH3 is 4. The van der Waals surface area contributed by atoms with Crippen LogP contribution in [0.15, 0.2) is 65.9 Å². The van der Waals surface area contributed by atoms with Crippen LogP contribution < -0.4 is 9.64 Å². The maximum absolute atomic E-state index is 15.6. The van der Waals surface area contributed by atoms with Gasteiger partial charge in [0.2, 0.25) is 5.60 Å². The number of carbonyl (C=O) groups is 4. The van der Waals surface area contributed by atoms with Gasteiger partial charge in [0.15, 0.2) is 6.10 Å². The van der Waals surface area contributed by atoms with E-state index in [1.54, 1.807) is 7.11 Å². The Balaban J connectivity index is 1.40. The number of hydrogen-bond acceptors (Lipinski definition) is 13. The number of benzene rings is 2. The molecule has 2 fully saturated rings. The van der Waals surface area contributed by atoms with E-state index in [0.717, 1.165) is 32.0 Å². The average Bonchev–Trinajstić information content (AvgIpc) is 3.94. The van der Waals surface area contributed by atoms with Gasteiger partial charge in [-0.05, 0) is 96.1 Å². The summed E-state index contributed by atoms with van der Waals surface area (Å²) >= 11 is 2.28. The summed E-state index contributed by atoms with van der Waals surface area (Å²) in [6.45, 7) is 7.80. The number of H-pyrrole nitrogens is 1. The highest BCUT2D eigenvalue weighted by molar-refractivity contribution is 14.1. The molecule has 5 aliphatic heterocycles. The number of halogens is 1. The number of aromatic nitrogens is 1. The SMILES string of the molecule is CCC1=CC2CN(/C=C(/C(=O)OC)Cc3c([nH]c4ccc(I)cc34)[C@@](C(=O)OC)(c3cc4c(cc3OC)N(C)[C@H]3[C@@](O)(C(=O)OC)[C@H](OC(C)=O)[C@]5(CC)C=CCN6CC[C@]43[C@@H]65)C2)C1. The standard InChI is InChI=1S/C49H57IN4O10/c1-9-28-18-29-23-48(44(57)62-7,39-33(32-20-31(50)12-13-36(32)51-39)19-30(40(56)61-6)26-53(24-28)25-29)35-21-34-37(22-38(35)60-5)52(4)42-47(34)15-17-54-16-11-14-46(10-2,41(47)54)43(64-27(3)55)49(42,59)45(58)63-8/h11-14,18,20-22,26,29,41-43,51,59H,9-10,15-17,19,23-25H2,1-8H3/b30-26+/t29?,41-,42+,43+,46+,47+,48-,49-/m0/s1. The van der Waals surface area contributed by atoms with Gasteiger partial charge in [0.05, 0.1) is 40.1 Å². The summed E-state index contributed by atoms with van der Waals surface area (Å²) in [5.74, 6) is -2.30. The minimum absolute atomic E-state index is 0.154. The Bertz CT molecular complexity index is 2570. The van der Waals surface area contributed by atoms with Crippen molar-refractivity contribution in [1.82, 2.24) is 14.8 Å². The smallest absolute Gasteiger partial charge is 0.344 e. The highest BCUT2D eigenvalue weighted by atomic mass is 127. The van der Waals surface area contributed by atoms with Crippen LogP contribution >= 0.6 is 22.6 Å². The second-order valence-electron chi connectivity index (χ2n) is 18.4. The van der Waals surface area contributed by atoms with Crippen molar-refractivity contribution >= 4 is 63.1 Å². The predicted octanol–water partition coefficient (Wildman–Crippen LogP) is 5.46. The molecule has 3 aromatic rings. The van der Waals surface area contributed by atoms with Gasteiger partial charge in [0.1, 0.15) is 11.2 Å². The number of hydrogen-bond donors (Lipinski definition) is 2. The van der Waals surface area contributed by atoms with Crippen molar-refractivity contribution in [3.63, 3.8) is 0 Å². The van der Waals surface area contributed by atoms with Gasteiger partial charge in [-0.1, -0.05) is 37.6 Å². The zero-order valence-electron chi connectivity index (χ0n) is 37.7. The first-order chi connectivity index (χ1) is 30.6. The fourth-order valence-electron chi connectivity index (χ4n) is 13.3. The summed E-state index contributed by atoms with van der Waals surface area (Å²) < 4.78 is 30.5. The quantitative estimate of drug-likeness (QED) is 0.127. The molecule has 0 radical (unpaired) electrons. The molecular weight excluding hydrogens is 931 g/mol. The molecule has 1 saturated heterocycles. The molecule has 0 amide bonds. The molecule has 64 heavy (non-hydrogen) atoms. The number of esters is 4. The highest BCUT2D eigenvalue weighted by Crippen LogP contribution is 2.68. The molecule has 6 heterocycles. The van der Waals surface area contributed by atoms with E-state index < -0.39 is 57.9 Å². The average molecular weight is 989 g/mol. The summed E-state index contributed by atoms with van der Waals surface area (Å²) in [7, 11) is 7.46. The number of anilines is 1. The maximum atomic E-state index is 15.6. The largest absolute Gasteiger partial charge is 0.496 e. The van der Waals surface area contributed by atoms with E-state index in [-0.39, 0.29) is 24.8 Å². The summed E-state index contributed by atoms with van der Waals surface area (Å²) in [5.41, 5.74) is -0.0652. The Kier molecular flexibility index (Phi) is 11.0. The number of likely N-dealkylation sites (N-methyl/N-ethyl adjacent to an activating group) is 1. The molecule has 1 saturated carbocycles. The van der Waals surface area contributed by atoms with Crippen LogP contribution in [0.1, 0.15) is 68.8 Å². The fourth-order valence-corrected chi connectivity index (χ4v) is 13.8. The second kappa shape index (κ2) is 15.9. The van der Waals surface area contributed by atoms with Crippen LogP contribution in [0.2, 0.25) is 0 Å². The minimum Gasteiger partial charge on any atom is -0.496 e. The molecule has 340 valence electrons. The number of aliphatic hydroxyl groups is 1.